The van der Waals surface area contributed by atoms with Gasteiger partial charge in [0, 0.05) is 50.1 Å². The third-order valence-corrected chi connectivity index (χ3v) is 4.76. The molecule has 1 aromatic carbocycles. The number of ether oxygens (including phenoxy) is 2. The zero-order chi connectivity index (χ0) is 16.9. The van der Waals surface area contributed by atoms with Crippen molar-refractivity contribution < 1.29 is 9.47 Å². The topological polar surface area (TPSA) is 59.5 Å². The molecule has 132 valence electrons. The van der Waals surface area contributed by atoms with Gasteiger partial charge < -0.3 is 19.7 Å². The molecule has 1 aromatic heterocycles. The van der Waals surface area contributed by atoms with Crippen LogP contribution in [-0.2, 0) is 6.54 Å². The molecular weight excluding hydrogens is 316 g/mol. The Morgan fingerprint density at radius 1 is 1.04 bits per heavy atom. The van der Waals surface area contributed by atoms with Gasteiger partial charge in [-0.2, -0.15) is 0 Å². The van der Waals surface area contributed by atoms with Crippen molar-refractivity contribution in [2.75, 3.05) is 31.2 Å². The Balaban J connectivity index is 1.33. The molecule has 0 amide bonds. The number of benzene rings is 1. The van der Waals surface area contributed by atoms with E-state index < -0.39 is 0 Å². The molecule has 2 aromatic rings. The number of aromatic nitrogens is 2. The minimum Gasteiger partial charge on any atom is -0.490 e. The van der Waals surface area contributed by atoms with Crippen LogP contribution in [0.3, 0.4) is 0 Å². The summed E-state index contributed by atoms with van der Waals surface area (Å²) >= 11 is 0. The summed E-state index contributed by atoms with van der Waals surface area (Å²) in [4.78, 5) is 10.9. The number of para-hydroxylation sites is 1. The number of anilines is 1. The van der Waals surface area contributed by atoms with E-state index in [-0.39, 0.29) is 0 Å². The molecule has 2 aliphatic heterocycles. The van der Waals surface area contributed by atoms with Crippen LogP contribution in [-0.4, -0.2) is 42.3 Å². The molecule has 6 heteroatoms. The molecule has 6 nitrogen and oxygen atoms in total. The Bertz CT molecular complexity index is 687. The monoisotopic (exact) mass is 340 g/mol. The van der Waals surface area contributed by atoms with Gasteiger partial charge in [0.2, 0.25) is 5.95 Å². The highest BCUT2D eigenvalue weighted by molar-refractivity contribution is 5.47. The van der Waals surface area contributed by atoms with E-state index in [2.05, 4.69) is 26.3 Å². The zero-order valence-electron chi connectivity index (χ0n) is 14.4. The van der Waals surface area contributed by atoms with Crippen LogP contribution in [0.5, 0.6) is 11.5 Å². The van der Waals surface area contributed by atoms with E-state index in [0.717, 1.165) is 69.6 Å². The quantitative estimate of drug-likeness (QED) is 0.922. The second-order valence-electron chi connectivity index (χ2n) is 6.49. The van der Waals surface area contributed by atoms with E-state index in [9.17, 15) is 0 Å². The molecule has 25 heavy (non-hydrogen) atoms. The van der Waals surface area contributed by atoms with Crippen LogP contribution in [0.1, 0.15) is 24.8 Å². The number of nitrogens with zero attached hydrogens (tertiary/aromatic N) is 3. The lowest BCUT2D eigenvalue weighted by Crippen LogP contribution is -2.42. The molecule has 4 rings (SSSR count). The van der Waals surface area contributed by atoms with Crippen molar-refractivity contribution in [1.82, 2.24) is 15.3 Å². The van der Waals surface area contributed by atoms with Crippen molar-refractivity contribution in [3.05, 3.63) is 42.2 Å². The van der Waals surface area contributed by atoms with E-state index in [0.29, 0.717) is 6.04 Å². The number of rotatable bonds is 4. The summed E-state index contributed by atoms with van der Waals surface area (Å²) in [7, 11) is 0. The van der Waals surface area contributed by atoms with Crippen LogP contribution in [0.4, 0.5) is 5.95 Å². The average molecular weight is 340 g/mol. The summed E-state index contributed by atoms with van der Waals surface area (Å²) in [5, 5.41) is 3.68. The molecule has 0 aliphatic carbocycles. The fraction of sp³-hybridized carbons (Fsp3) is 0.474. The number of hydrogen-bond donors (Lipinski definition) is 1. The summed E-state index contributed by atoms with van der Waals surface area (Å²) in [6, 6.07) is 8.50. The Morgan fingerprint density at radius 3 is 2.68 bits per heavy atom. The SMILES string of the molecule is c1cnc(N2CCC(NCc3cccc4c3OCCCO4)CC2)nc1. The standard InChI is InChI=1S/C19H24N4O2/c1-4-15(18-17(5-1)24-12-3-13-25-18)14-22-16-6-10-23(11-7-16)19-20-8-2-9-21-19/h1-2,4-5,8-9,16,22H,3,6-7,10-14H2. The Labute approximate surface area is 148 Å². The minimum absolute atomic E-state index is 0.502. The maximum absolute atomic E-state index is 5.90. The summed E-state index contributed by atoms with van der Waals surface area (Å²) < 4.78 is 11.7. The van der Waals surface area contributed by atoms with Crippen LogP contribution >= 0.6 is 0 Å². The molecule has 0 spiro atoms. The largest absolute Gasteiger partial charge is 0.490 e. The predicted octanol–water partition coefficient (Wildman–Crippen LogP) is 2.40. The number of fused-ring (bicyclic) bond motifs is 1. The van der Waals surface area contributed by atoms with Crippen molar-refractivity contribution in [2.24, 2.45) is 0 Å². The Kier molecular flexibility index (Phi) is 4.97. The number of nitrogens with one attached hydrogen (secondary N) is 1. The lowest BCUT2D eigenvalue weighted by atomic mass is 10.0. The van der Waals surface area contributed by atoms with Crippen molar-refractivity contribution in [3.63, 3.8) is 0 Å². The molecular formula is C19H24N4O2. The third kappa shape index (κ3) is 3.85. The summed E-state index contributed by atoms with van der Waals surface area (Å²) in [6.07, 6.45) is 6.71. The molecule has 3 heterocycles. The third-order valence-electron chi connectivity index (χ3n) is 4.76. The highest BCUT2D eigenvalue weighted by Crippen LogP contribution is 2.33. The zero-order valence-corrected chi connectivity index (χ0v) is 14.4. The van der Waals surface area contributed by atoms with Crippen LogP contribution in [0.15, 0.2) is 36.7 Å². The van der Waals surface area contributed by atoms with Crippen LogP contribution in [0.2, 0.25) is 0 Å². The van der Waals surface area contributed by atoms with Gasteiger partial charge in [0.05, 0.1) is 13.2 Å². The average Bonchev–Trinajstić information content (AvgIpc) is 2.93. The molecule has 1 saturated heterocycles. The van der Waals surface area contributed by atoms with Gasteiger partial charge in [0.1, 0.15) is 0 Å². The second kappa shape index (κ2) is 7.70. The van der Waals surface area contributed by atoms with Gasteiger partial charge in [-0.1, -0.05) is 12.1 Å². The van der Waals surface area contributed by atoms with Gasteiger partial charge >= 0.3 is 0 Å². The van der Waals surface area contributed by atoms with E-state index >= 15 is 0 Å². The van der Waals surface area contributed by atoms with Gasteiger partial charge in [0.15, 0.2) is 11.5 Å². The van der Waals surface area contributed by atoms with Gasteiger partial charge in [-0.25, -0.2) is 9.97 Å². The van der Waals surface area contributed by atoms with Crippen molar-refractivity contribution >= 4 is 5.95 Å². The Morgan fingerprint density at radius 2 is 1.84 bits per heavy atom. The molecule has 0 bridgehead atoms. The van der Waals surface area contributed by atoms with Gasteiger partial charge in [0.25, 0.3) is 0 Å². The highest BCUT2D eigenvalue weighted by atomic mass is 16.5. The molecule has 1 N–H and O–H groups in total. The first-order chi connectivity index (χ1) is 12.4. The highest BCUT2D eigenvalue weighted by Gasteiger charge is 2.21. The summed E-state index contributed by atoms with van der Waals surface area (Å²) in [6.45, 7) is 4.21. The minimum atomic E-state index is 0.502. The Hall–Kier alpha value is -2.34. The van der Waals surface area contributed by atoms with Crippen LogP contribution in [0.25, 0.3) is 0 Å². The first-order valence-electron chi connectivity index (χ1n) is 9.03. The maximum atomic E-state index is 5.90. The first-order valence-corrected chi connectivity index (χ1v) is 9.03. The fourth-order valence-corrected chi connectivity index (χ4v) is 3.39. The number of piperidine rings is 1. The van der Waals surface area contributed by atoms with Gasteiger partial charge in [-0.3, -0.25) is 0 Å². The molecule has 0 atom stereocenters. The van der Waals surface area contributed by atoms with Crippen LogP contribution in [0, 0.1) is 0 Å². The fourth-order valence-electron chi connectivity index (χ4n) is 3.39. The van der Waals surface area contributed by atoms with Crippen molar-refractivity contribution in [3.8, 4) is 11.5 Å². The smallest absolute Gasteiger partial charge is 0.225 e. The first kappa shape index (κ1) is 16.1. The summed E-state index contributed by atoms with van der Waals surface area (Å²) in [5.74, 6) is 2.61. The van der Waals surface area contributed by atoms with E-state index in [1.165, 1.54) is 5.56 Å². The summed E-state index contributed by atoms with van der Waals surface area (Å²) in [5.41, 5.74) is 1.17. The molecule has 0 unspecified atom stereocenters. The number of hydrogen-bond acceptors (Lipinski definition) is 6. The normalized spacial score (nSPS) is 18.0. The molecule has 1 fully saturated rings. The van der Waals surface area contributed by atoms with Gasteiger partial charge in [-0.05, 0) is 25.0 Å². The lowest BCUT2D eigenvalue weighted by Gasteiger charge is -2.32. The van der Waals surface area contributed by atoms with Crippen LogP contribution < -0.4 is 19.7 Å². The van der Waals surface area contributed by atoms with E-state index in [1.54, 1.807) is 12.4 Å². The predicted molar refractivity (Wildman–Crippen MR) is 96.2 cm³/mol. The molecule has 2 aliphatic rings. The van der Waals surface area contributed by atoms with Gasteiger partial charge in [-0.15, -0.1) is 0 Å². The molecule has 0 saturated carbocycles. The van der Waals surface area contributed by atoms with E-state index in [1.807, 2.05) is 18.2 Å². The van der Waals surface area contributed by atoms with Crippen molar-refractivity contribution in [1.29, 1.82) is 0 Å². The van der Waals surface area contributed by atoms with Crippen molar-refractivity contribution in [2.45, 2.75) is 31.8 Å². The van der Waals surface area contributed by atoms with E-state index in [4.69, 9.17) is 9.47 Å². The molecule has 0 radical (unpaired) electrons. The maximum Gasteiger partial charge on any atom is 0.225 e. The second-order valence-corrected chi connectivity index (χ2v) is 6.49. The lowest BCUT2D eigenvalue weighted by molar-refractivity contribution is 0.295.